The van der Waals surface area contributed by atoms with Crippen molar-refractivity contribution in [1.29, 1.82) is 0 Å². The number of halogens is 1. The molecule has 21 heavy (non-hydrogen) atoms. The molecule has 2 N–H and O–H groups in total. The SMILES string of the molecule is CC1=CC(=O)[NH+]2C=CC(CN3CCCCC3)=C(O)C2=N1.[Cl-]. The number of allylic oxidation sites excluding steroid dienone is 1. The summed E-state index contributed by atoms with van der Waals surface area (Å²) < 4.78 is 0. The highest BCUT2D eigenvalue weighted by Gasteiger charge is 2.34. The first-order chi connectivity index (χ1) is 9.65. The van der Waals surface area contributed by atoms with Gasteiger partial charge in [0.15, 0.2) is 0 Å². The number of rotatable bonds is 2. The average molecular weight is 310 g/mol. The minimum Gasteiger partial charge on any atom is -1.00 e. The van der Waals surface area contributed by atoms with Gasteiger partial charge in [0.2, 0.25) is 5.76 Å². The second-order valence-electron chi connectivity index (χ2n) is 5.57. The van der Waals surface area contributed by atoms with Gasteiger partial charge in [0.25, 0.3) is 5.84 Å². The molecule has 1 unspecified atom stereocenters. The molecule has 3 heterocycles. The lowest BCUT2D eigenvalue weighted by Crippen LogP contribution is -3.13. The van der Waals surface area contributed by atoms with Crippen molar-refractivity contribution in [2.24, 2.45) is 4.99 Å². The summed E-state index contributed by atoms with van der Waals surface area (Å²) >= 11 is 0. The number of nitrogens with one attached hydrogen (secondary N) is 1. The van der Waals surface area contributed by atoms with E-state index in [4.69, 9.17) is 0 Å². The van der Waals surface area contributed by atoms with Crippen LogP contribution in [0.1, 0.15) is 26.2 Å². The molecule has 3 rings (SSSR count). The maximum absolute atomic E-state index is 11.9. The number of nitrogens with zero attached hydrogens (tertiary/aromatic N) is 2. The second kappa shape index (κ2) is 6.56. The van der Waals surface area contributed by atoms with Gasteiger partial charge in [0.1, 0.15) is 6.20 Å². The van der Waals surface area contributed by atoms with Crippen LogP contribution in [0, 0.1) is 0 Å². The molecule has 1 fully saturated rings. The molecule has 1 atom stereocenters. The van der Waals surface area contributed by atoms with Crippen LogP contribution in [0.25, 0.3) is 0 Å². The van der Waals surface area contributed by atoms with Gasteiger partial charge >= 0.3 is 5.91 Å². The molecule has 0 aromatic carbocycles. The molecule has 0 aromatic rings. The normalized spacial score (nSPS) is 26.0. The van der Waals surface area contributed by atoms with E-state index in [1.165, 1.54) is 25.3 Å². The third-order valence-corrected chi connectivity index (χ3v) is 3.97. The number of aliphatic hydroxyl groups excluding tert-OH is 1. The zero-order valence-corrected chi connectivity index (χ0v) is 12.9. The van der Waals surface area contributed by atoms with Gasteiger partial charge in [-0.3, -0.25) is 4.90 Å². The second-order valence-corrected chi connectivity index (χ2v) is 5.57. The summed E-state index contributed by atoms with van der Waals surface area (Å²) in [6.07, 6.45) is 8.87. The highest BCUT2D eigenvalue weighted by Crippen LogP contribution is 2.15. The van der Waals surface area contributed by atoms with Gasteiger partial charge in [-0.25, -0.2) is 4.79 Å². The first kappa shape index (κ1) is 15.9. The maximum atomic E-state index is 11.9. The molecule has 1 amide bonds. The molecule has 114 valence electrons. The monoisotopic (exact) mass is 309 g/mol. The minimum atomic E-state index is -0.0766. The van der Waals surface area contributed by atoms with E-state index in [1.807, 2.05) is 6.08 Å². The van der Waals surface area contributed by atoms with Crippen LogP contribution in [-0.2, 0) is 4.79 Å². The number of amidine groups is 1. The standard InChI is InChI=1S/C15H19N3O2.ClH/c1-11-9-13(19)18-8-5-12(14(20)15(18)16-11)10-17-6-3-2-4-7-17;/h5,8-9,20H,2-4,6-7,10H2,1H3;1H. The van der Waals surface area contributed by atoms with Gasteiger partial charge < -0.3 is 17.5 Å². The fourth-order valence-corrected chi connectivity index (χ4v) is 2.90. The van der Waals surface area contributed by atoms with Crippen LogP contribution in [0.3, 0.4) is 0 Å². The number of hydrogen-bond acceptors (Lipinski definition) is 4. The lowest BCUT2D eigenvalue weighted by molar-refractivity contribution is -0.656. The molecule has 6 heteroatoms. The quantitative estimate of drug-likeness (QED) is 0.595. The molecule has 0 saturated carbocycles. The van der Waals surface area contributed by atoms with Crippen molar-refractivity contribution in [3.63, 3.8) is 0 Å². The summed E-state index contributed by atoms with van der Waals surface area (Å²) in [6, 6.07) is 0. The number of aliphatic imine (C=N–C) groups is 1. The fraction of sp³-hybridized carbons (Fsp3) is 0.467. The molecule has 0 aliphatic carbocycles. The first-order valence-electron chi connectivity index (χ1n) is 7.17. The van der Waals surface area contributed by atoms with E-state index in [9.17, 15) is 9.90 Å². The maximum Gasteiger partial charge on any atom is 0.349 e. The predicted molar refractivity (Wildman–Crippen MR) is 76.2 cm³/mol. The Morgan fingerprint density at radius 3 is 2.76 bits per heavy atom. The number of carbonyl (C=O) groups excluding carboxylic acids is 1. The zero-order chi connectivity index (χ0) is 14.1. The van der Waals surface area contributed by atoms with Crippen LogP contribution >= 0.6 is 0 Å². The summed E-state index contributed by atoms with van der Waals surface area (Å²) in [4.78, 5) is 19.1. The number of amides is 1. The fourth-order valence-electron chi connectivity index (χ4n) is 2.90. The zero-order valence-electron chi connectivity index (χ0n) is 12.1. The number of aliphatic hydroxyl groups is 1. The first-order valence-corrected chi connectivity index (χ1v) is 7.17. The Morgan fingerprint density at radius 1 is 1.33 bits per heavy atom. The highest BCUT2D eigenvalue weighted by atomic mass is 35.5. The largest absolute Gasteiger partial charge is 1.00 e. The van der Waals surface area contributed by atoms with Crippen LogP contribution < -0.4 is 17.3 Å². The lowest BCUT2D eigenvalue weighted by atomic mass is 10.1. The number of likely N-dealkylation sites (tertiary alicyclic amines) is 1. The van der Waals surface area contributed by atoms with Gasteiger partial charge in [0.05, 0.1) is 11.8 Å². The Hall–Kier alpha value is -1.43. The van der Waals surface area contributed by atoms with Crippen molar-refractivity contribution < 1.29 is 27.2 Å². The molecular weight excluding hydrogens is 290 g/mol. The van der Waals surface area contributed by atoms with E-state index in [0.717, 1.165) is 25.2 Å². The molecule has 5 nitrogen and oxygen atoms in total. The van der Waals surface area contributed by atoms with E-state index < -0.39 is 0 Å². The molecule has 0 bridgehead atoms. The van der Waals surface area contributed by atoms with Gasteiger partial charge in [-0.15, -0.1) is 0 Å². The molecule has 3 aliphatic rings. The van der Waals surface area contributed by atoms with Gasteiger partial charge in [-0.1, -0.05) is 6.42 Å². The Morgan fingerprint density at radius 2 is 2.05 bits per heavy atom. The molecule has 3 aliphatic heterocycles. The van der Waals surface area contributed by atoms with Crippen molar-refractivity contribution >= 4 is 11.7 Å². The van der Waals surface area contributed by atoms with E-state index in [2.05, 4.69) is 9.89 Å². The predicted octanol–water partition coefficient (Wildman–Crippen LogP) is -2.46. The van der Waals surface area contributed by atoms with E-state index in [1.54, 1.807) is 13.1 Å². The van der Waals surface area contributed by atoms with Gasteiger partial charge in [0, 0.05) is 18.2 Å². The van der Waals surface area contributed by atoms with Crippen molar-refractivity contribution in [3.8, 4) is 0 Å². The van der Waals surface area contributed by atoms with E-state index in [0.29, 0.717) is 16.4 Å². The number of piperidine rings is 1. The smallest absolute Gasteiger partial charge is 0.349 e. The Labute approximate surface area is 130 Å². The minimum absolute atomic E-state index is 0. The van der Waals surface area contributed by atoms with E-state index >= 15 is 0 Å². The van der Waals surface area contributed by atoms with Crippen LogP contribution in [0.15, 0.2) is 40.4 Å². The summed E-state index contributed by atoms with van der Waals surface area (Å²) in [7, 11) is 0. The number of quaternary nitrogens is 1. The van der Waals surface area contributed by atoms with Crippen LogP contribution in [-0.4, -0.2) is 41.4 Å². The number of carbonyl (C=O) groups is 1. The van der Waals surface area contributed by atoms with Crippen molar-refractivity contribution in [1.82, 2.24) is 4.90 Å². The molecule has 0 aromatic heterocycles. The van der Waals surface area contributed by atoms with Crippen LogP contribution in [0.5, 0.6) is 0 Å². The average Bonchev–Trinajstić information content (AvgIpc) is 2.43. The molecular formula is C15H20ClN3O2. The summed E-state index contributed by atoms with van der Waals surface area (Å²) in [6.45, 7) is 4.65. The Kier molecular flexibility index (Phi) is 4.98. The highest BCUT2D eigenvalue weighted by molar-refractivity contribution is 6.02. The Bertz CT molecular complexity index is 557. The molecule has 0 radical (unpaired) electrons. The molecule has 0 spiro atoms. The van der Waals surface area contributed by atoms with Gasteiger partial charge in [-0.05, 0) is 32.9 Å². The van der Waals surface area contributed by atoms with Crippen LogP contribution in [0.4, 0.5) is 0 Å². The van der Waals surface area contributed by atoms with Crippen LogP contribution in [0.2, 0.25) is 0 Å². The summed E-state index contributed by atoms with van der Waals surface area (Å²) in [5.41, 5.74) is 1.50. The number of hydrogen-bond donors (Lipinski definition) is 2. The van der Waals surface area contributed by atoms with Crippen molar-refractivity contribution in [2.75, 3.05) is 19.6 Å². The van der Waals surface area contributed by atoms with E-state index in [-0.39, 0.29) is 24.1 Å². The Balaban J connectivity index is 0.00000161. The molecule has 1 saturated heterocycles. The number of fused-ring (bicyclic) bond motifs is 1. The topological polar surface area (TPSA) is 57.3 Å². The summed E-state index contributed by atoms with van der Waals surface area (Å²) in [5.74, 6) is 0.519. The third kappa shape index (κ3) is 3.26. The van der Waals surface area contributed by atoms with Gasteiger partial charge in [-0.2, -0.15) is 9.89 Å². The summed E-state index contributed by atoms with van der Waals surface area (Å²) in [5, 5.41) is 10.4. The third-order valence-electron chi connectivity index (χ3n) is 3.97. The lowest BCUT2D eigenvalue weighted by Gasteiger charge is -2.28. The van der Waals surface area contributed by atoms with Crippen molar-refractivity contribution in [2.45, 2.75) is 26.2 Å². The van der Waals surface area contributed by atoms with Crippen molar-refractivity contribution in [3.05, 3.63) is 35.4 Å².